The third-order valence-electron chi connectivity index (χ3n) is 3.01. The summed E-state index contributed by atoms with van der Waals surface area (Å²) >= 11 is 0. The van der Waals surface area contributed by atoms with E-state index in [0.717, 1.165) is 16.9 Å². The van der Waals surface area contributed by atoms with E-state index in [-0.39, 0.29) is 12.5 Å². The summed E-state index contributed by atoms with van der Waals surface area (Å²) in [5, 5.41) is 6.83. The van der Waals surface area contributed by atoms with Crippen molar-refractivity contribution in [3.8, 4) is 0 Å². The number of hydrogen-bond donors (Lipinski definition) is 2. The Morgan fingerprint density at radius 1 is 1.09 bits per heavy atom. The first kappa shape index (κ1) is 15.6. The highest BCUT2D eigenvalue weighted by molar-refractivity contribution is 5.92. The lowest BCUT2D eigenvalue weighted by Gasteiger charge is -2.11. The van der Waals surface area contributed by atoms with Gasteiger partial charge in [0.15, 0.2) is 0 Å². The molecule has 5 nitrogen and oxygen atoms in total. The monoisotopic (exact) mass is 296 g/mol. The number of anilines is 2. The summed E-state index contributed by atoms with van der Waals surface area (Å²) in [6.07, 6.45) is 1.69. The highest BCUT2D eigenvalue weighted by atomic mass is 16.2. The largest absolute Gasteiger partial charge is 0.378 e. The number of hydrogen-bond acceptors (Lipinski definition) is 4. The fourth-order valence-electron chi connectivity index (χ4n) is 1.82. The molecule has 0 unspecified atom stereocenters. The van der Waals surface area contributed by atoms with Crippen molar-refractivity contribution < 1.29 is 4.79 Å². The zero-order chi connectivity index (χ0) is 15.8. The Morgan fingerprint density at radius 3 is 2.41 bits per heavy atom. The zero-order valence-electron chi connectivity index (χ0n) is 12.8. The van der Waals surface area contributed by atoms with E-state index < -0.39 is 0 Å². The van der Waals surface area contributed by atoms with E-state index in [2.05, 4.69) is 15.8 Å². The minimum Gasteiger partial charge on any atom is -0.378 e. The molecular formula is C17H20N4O. The van der Waals surface area contributed by atoms with Gasteiger partial charge in [-0.15, -0.1) is 0 Å². The highest BCUT2D eigenvalue weighted by Crippen LogP contribution is 2.10. The SMILES string of the molecule is CN(C)c1ccc(/C=N/NCC(=O)Nc2ccccc2)cc1. The van der Waals surface area contributed by atoms with Crippen LogP contribution in [0.15, 0.2) is 59.7 Å². The van der Waals surface area contributed by atoms with Crippen molar-refractivity contribution in [1.82, 2.24) is 5.43 Å². The van der Waals surface area contributed by atoms with Gasteiger partial charge in [-0.25, -0.2) is 0 Å². The number of carbonyl (C=O) groups excluding carboxylic acids is 1. The molecule has 1 amide bonds. The van der Waals surface area contributed by atoms with Gasteiger partial charge in [0.25, 0.3) is 0 Å². The molecule has 114 valence electrons. The van der Waals surface area contributed by atoms with Crippen LogP contribution < -0.4 is 15.6 Å². The number of benzene rings is 2. The molecular weight excluding hydrogens is 276 g/mol. The fourth-order valence-corrected chi connectivity index (χ4v) is 1.82. The Labute approximate surface area is 130 Å². The van der Waals surface area contributed by atoms with Gasteiger partial charge in [0.2, 0.25) is 5.91 Å². The van der Waals surface area contributed by atoms with Crippen molar-refractivity contribution >= 4 is 23.5 Å². The van der Waals surface area contributed by atoms with Crippen LogP contribution in [-0.2, 0) is 4.79 Å². The van der Waals surface area contributed by atoms with Gasteiger partial charge in [-0.1, -0.05) is 30.3 Å². The molecule has 0 saturated heterocycles. The predicted octanol–water partition coefficient (Wildman–Crippen LogP) is 2.31. The molecule has 0 radical (unpaired) electrons. The Morgan fingerprint density at radius 2 is 1.77 bits per heavy atom. The number of amides is 1. The summed E-state index contributed by atoms with van der Waals surface area (Å²) < 4.78 is 0. The molecule has 0 fully saturated rings. The number of carbonyl (C=O) groups is 1. The summed E-state index contributed by atoms with van der Waals surface area (Å²) in [4.78, 5) is 13.7. The molecule has 2 aromatic rings. The second kappa shape index (κ2) is 7.83. The average molecular weight is 296 g/mol. The zero-order valence-corrected chi connectivity index (χ0v) is 12.8. The summed E-state index contributed by atoms with van der Waals surface area (Å²) in [5.74, 6) is -0.133. The van der Waals surface area contributed by atoms with Gasteiger partial charge in [0.1, 0.15) is 6.54 Å². The van der Waals surface area contributed by atoms with Crippen LogP contribution in [0.1, 0.15) is 5.56 Å². The molecule has 22 heavy (non-hydrogen) atoms. The van der Waals surface area contributed by atoms with Crippen LogP contribution in [0.4, 0.5) is 11.4 Å². The van der Waals surface area contributed by atoms with Crippen LogP contribution in [0.5, 0.6) is 0 Å². The Balaban J connectivity index is 1.76. The van der Waals surface area contributed by atoms with Gasteiger partial charge in [-0.05, 0) is 29.8 Å². The fraction of sp³-hybridized carbons (Fsp3) is 0.176. The van der Waals surface area contributed by atoms with Crippen LogP contribution in [0.25, 0.3) is 0 Å². The van der Waals surface area contributed by atoms with Crippen molar-refractivity contribution in [2.45, 2.75) is 0 Å². The molecule has 0 aromatic heterocycles. The molecule has 0 spiro atoms. The Bertz CT molecular complexity index is 621. The molecule has 2 rings (SSSR count). The van der Waals surface area contributed by atoms with E-state index in [1.165, 1.54) is 0 Å². The topological polar surface area (TPSA) is 56.7 Å². The normalized spacial score (nSPS) is 10.5. The van der Waals surface area contributed by atoms with Crippen LogP contribution in [0, 0.1) is 0 Å². The highest BCUT2D eigenvalue weighted by Gasteiger charge is 1.99. The van der Waals surface area contributed by atoms with Crippen molar-refractivity contribution in [3.05, 3.63) is 60.2 Å². The number of rotatable bonds is 6. The van der Waals surface area contributed by atoms with Crippen LogP contribution in [0.3, 0.4) is 0 Å². The maximum atomic E-state index is 11.7. The minimum atomic E-state index is -0.133. The Kier molecular flexibility index (Phi) is 5.54. The number of para-hydroxylation sites is 1. The maximum absolute atomic E-state index is 11.7. The third-order valence-corrected chi connectivity index (χ3v) is 3.01. The van der Waals surface area contributed by atoms with Crippen molar-refractivity contribution in [2.24, 2.45) is 5.10 Å². The standard InChI is InChI=1S/C17H20N4O/c1-21(2)16-10-8-14(9-11-16)12-18-19-13-17(22)20-15-6-4-3-5-7-15/h3-12,19H,13H2,1-2H3,(H,20,22)/b18-12+. The van der Waals surface area contributed by atoms with Crippen molar-refractivity contribution in [2.75, 3.05) is 30.9 Å². The number of hydrazone groups is 1. The summed E-state index contributed by atoms with van der Waals surface area (Å²) in [7, 11) is 3.99. The van der Waals surface area contributed by atoms with Gasteiger partial charge in [-0.3, -0.25) is 4.79 Å². The predicted molar refractivity (Wildman–Crippen MR) is 91.4 cm³/mol. The molecule has 0 saturated carbocycles. The van der Waals surface area contributed by atoms with Gasteiger partial charge in [-0.2, -0.15) is 5.10 Å². The maximum Gasteiger partial charge on any atom is 0.245 e. The van der Waals surface area contributed by atoms with E-state index in [0.29, 0.717) is 0 Å². The quantitative estimate of drug-likeness (QED) is 0.635. The first-order chi connectivity index (χ1) is 10.6. The van der Waals surface area contributed by atoms with Crippen molar-refractivity contribution in [3.63, 3.8) is 0 Å². The molecule has 2 N–H and O–H groups in total. The third kappa shape index (κ3) is 4.94. The lowest BCUT2D eigenvalue weighted by atomic mass is 10.2. The molecule has 0 atom stereocenters. The molecule has 0 bridgehead atoms. The van der Waals surface area contributed by atoms with Crippen molar-refractivity contribution in [1.29, 1.82) is 0 Å². The van der Waals surface area contributed by atoms with Crippen LogP contribution in [-0.4, -0.2) is 32.8 Å². The first-order valence-corrected chi connectivity index (χ1v) is 7.03. The molecule has 0 aliphatic rings. The second-order valence-corrected chi connectivity index (χ2v) is 4.99. The molecule has 0 aliphatic carbocycles. The average Bonchev–Trinajstić information content (AvgIpc) is 2.53. The molecule has 2 aromatic carbocycles. The Hall–Kier alpha value is -2.82. The smallest absolute Gasteiger partial charge is 0.245 e. The lowest BCUT2D eigenvalue weighted by molar-refractivity contribution is -0.115. The first-order valence-electron chi connectivity index (χ1n) is 7.03. The number of nitrogens with zero attached hydrogens (tertiary/aromatic N) is 2. The van der Waals surface area contributed by atoms with Gasteiger partial charge in [0.05, 0.1) is 6.21 Å². The summed E-state index contributed by atoms with van der Waals surface area (Å²) in [5.41, 5.74) is 5.62. The van der Waals surface area contributed by atoms with Gasteiger partial charge >= 0.3 is 0 Å². The summed E-state index contributed by atoms with van der Waals surface area (Å²) in [6.45, 7) is 0.126. The van der Waals surface area contributed by atoms with E-state index in [9.17, 15) is 4.79 Å². The van der Waals surface area contributed by atoms with Gasteiger partial charge in [0, 0.05) is 25.5 Å². The molecule has 0 heterocycles. The van der Waals surface area contributed by atoms with E-state index in [1.54, 1.807) is 6.21 Å². The number of nitrogens with one attached hydrogen (secondary N) is 2. The van der Waals surface area contributed by atoms with Crippen LogP contribution in [0.2, 0.25) is 0 Å². The van der Waals surface area contributed by atoms with E-state index >= 15 is 0 Å². The minimum absolute atomic E-state index is 0.126. The lowest BCUT2D eigenvalue weighted by Crippen LogP contribution is -2.24. The second-order valence-electron chi connectivity index (χ2n) is 4.99. The van der Waals surface area contributed by atoms with E-state index in [4.69, 9.17) is 0 Å². The molecule has 0 aliphatic heterocycles. The summed E-state index contributed by atoms with van der Waals surface area (Å²) in [6, 6.07) is 17.3. The van der Waals surface area contributed by atoms with Crippen LogP contribution >= 0.6 is 0 Å². The van der Waals surface area contributed by atoms with Gasteiger partial charge < -0.3 is 15.6 Å². The van der Waals surface area contributed by atoms with E-state index in [1.807, 2.05) is 73.6 Å². The molecule has 5 heteroatoms.